The van der Waals surface area contributed by atoms with Crippen LogP contribution in [0, 0.1) is 11.3 Å². The van der Waals surface area contributed by atoms with Gasteiger partial charge in [0.05, 0.1) is 18.2 Å². The number of unbranched alkanes of at least 4 members (excludes halogenated alkanes) is 3. The molecule has 6 heteroatoms. The Morgan fingerprint density at radius 2 is 1.88 bits per heavy atom. The number of carbonyl (C=O) groups excluding carboxylic acids is 1. The van der Waals surface area contributed by atoms with Crippen LogP contribution in [-0.2, 0) is 11.2 Å². The van der Waals surface area contributed by atoms with Crippen LogP contribution in [0.25, 0.3) is 0 Å². The van der Waals surface area contributed by atoms with Crippen LogP contribution in [0.5, 0.6) is 11.5 Å². The van der Waals surface area contributed by atoms with Crippen LogP contribution in [0.2, 0.25) is 0 Å². The number of ketones is 1. The lowest BCUT2D eigenvalue weighted by molar-refractivity contribution is -0.137. The molecule has 0 aromatic heterocycles. The summed E-state index contributed by atoms with van der Waals surface area (Å²) in [6, 6.07) is 5.20. The van der Waals surface area contributed by atoms with Gasteiger partial charge in [-0.15, -0.1) is 0 Å². The second kappa shape index (κ2) is 11.1. The smallest absolute Gasteiger partial charge is 0.303 e. The van der Waals surface area contributed by atoms with Gasteiger partial charge in [0.2, 0.25) is 0 Å². The summed E-state index contributed by atoms with van der Waals surface area (Å²) in [6.45, 7) is 2.40. The van der Waals surface area contributed by atoms with E-state index in [0.717, 1.165) is 18.4 Å². The number of hydrogen-bond acceptors (Lipinski definition) is 5. The van der Waals surface area contributed by atoms with Crippen molar-refractivity contribution in [3.63, 3.8) is 0 Å². The number of Topliss-reactive ketones (excluding diaryl/α,β-unsaturated/α-hetero) is 1. The Morgan fingerprint density at radius 1 is 1.16 bits per heavy atom. The highest BCUT2D eigenvalue weighted by Crippen LogP contribution is 2.30. The molecule has 0 aliphatic rings. The van der Waals surface area contributed by atoms with E-state index in [1.165, 1.54) is 6.07 Å². The van der Waals surface area contributed by atoms with E-state index in [-0.39, 0.29) is 29.9 Å². The zero-order chi connectivity index (χ0) is 18.7. The molecule has 0 atom stereocenters. The Hall–Kier alpha value is -2.55. The van der Waals surface area contributed by atoms with E-state index in [0.29, 0.717) is 38.0 Å². The quantitative estimate of drug-likeness (QED) is 0.439. The Morgan fingerprint density at radius 3 is 2.52 bits per heavy atom. The van der Waals surface area contributed by atoms with Gasteiger partial charge in [-0.2, -0.15) is 5.26 Å². The summed E-state index contributed by atoms with van der Waals surface area (Å²) in [4.78, 5) is 22.7. The summed E-state index contributed by atoms with van der Waals surface area (Å²) in [7, 11) is 0. The lowest BCUT2D eigenvalue weighted by Crippen LogP contribution is -2.05. The van der Waals surface area contributed by atoms with Crippen molar-refractivity contribution in [1.82, 2.24) is 0 Å². The molecule has 2 N–H and O–H groups in total. The molecule has 0 fully saturated rings. The fourth-order valence-electron chi connectivity index (χ4n) is 2.43. The number of carboxylic acid groups (broad SMARTS) is 1. The van der Waals surface area contributed by atoms with Crippen molar-refractivity contribution in [1.29, 1.82) is 5.26 Å². The molecule has 1 aromatic rings. The van der Waals surface area contributed by atoms with Gasteiger partial charge in [0, 0.05) is 25.3 Å². The van der Waals surface area contributed by atoms with Crippen LogP contribution in [-0.4, -0.2) is 28.6 Å². The highest BCUT2D eigenvalue weighted by Gasteiger charge is 2.15. The van der Waals surface area contributed by atoms with Gasteiger partial charge < -0.3 is 14.9 Å². The first-order chi connectivity index (χ1) is 12.0. The number of phenolic OH excluding ortho intramolecular Hbond substituents is 1. The number of ether oxygens (including phenoxy) is 1. The molecule has 0 bridgehead atoms. The van der Waals surface area contributed by atoms with Crippen molar-refractivity contribution in [3.8, 4) is 17.6 Å². The van der Waals surface area contributed by atoms with Gasteiger partial charge >= 0.3 is 5.97 Å². The standard InChI is InChI=1S/C19H25NO5/c1-2-14-12-15(16(21)8-4-5-9-19(23)24)17(22)13-18(14)25-11-7-3-6-10-20/h12-13,22H,2-9,11H2,1H3,(H,23,24). The maximum absolute atomic E-state index is 12.2. The molecular formula is C19H25NO5. The number of aliphatic carboxylic acids is 1. The monoisotopic (exact) mass is 347 g/mol. The fourth-order valence-corrected chi connectivity index (χ4v) is 2.43. The van der Waals surface area contributed by atoms with Gasteiger partial charge in [-0.3, -0.25) is 9.59 Å². The third-order valence-corrected chi connectivity index (χ3v) is 3.85. The van der Waals surface area contributed by atoms with Crippen LogP contribution in [0.15, 0.2) is 12.1 Å². The SMILES string of the molecule is CCc1cc(C(=O)CCCCC(=O)O)c(O)cc1OCCCCC#N. The van der Waals surface area contributed by atoms with E-state index in [9.17, 15) is 14.7 Å². The lowest BCUT2D eigenvalue weighted by Gasteiger charge is -2.13. The first-order valence-electron chi connectivity index (χ1n) is 8.60. The molecule has 0 heterocycles. The van der Waals surface area contributed by atoms with Gasteiger partial charge in [0.25, 0.3) is 0 Å². The molecule has 0 saturated heterocycles. The second-order valence-corrected chi connectivity index (χ2v) is 5.82. The molecule has 1 aromatic carbocycles. The summed E-state index contributed by atoms with van der Waals surface area (Å²) >= 11 is 0. The summed E-state index contributed by atoms with van der Waals surface area (Å²) < 4.78 is 5.67. The van der Waals surface area contributed by atoms with Gasteiger partial charge in [-0.1, -0.05) is 6.92 Å². The van der Waals surface area contributed by atoms with Crippen molar-refractivity contribution in [2.24, 2.45) is 0 Å². The number of nitrogens with zero attached hydrogens (tertiary/aromatic N) is 1. The fraction of sp³-hybridized carbons (Fsp3) is 0.526. The molecule has 0 spiro atoms. The molecule has 6 nitrogen and oxygen atoms in total. The Kier molecular flexibility index (Phi) is 9.09. The maximum atomic E-state index is 12.2. The first kappa shape index (κ1) is 20.5. The highest BCUT2D eigenvalue weighted by molar-refractivity contribution is 5.99. The predicted molar refractivity (Wildman–Crippen MR) is 92.9 cm³/mol. The topological polar surface area (TPSA) is 108 Å². The molecule has 0 saturated carbocycles. The van der Waals surface area contributed by atoms with Crippen LogP contribution in [0.1, 0.15) is 67.8 Å². The van der Waals surface area contributed by atoms with Crippen LogP contribution >= 0.6 is 0 Å². The number of aryl methyl sites for hydroxylation is 1. The van der Waals surface area contributed by atoms with Crippen molar-refractivity contribution < 1.29 is 24.5 Å². The second-order valence-electron chi connectivity index (χ2n) is 5.82. The van der Waals surface area contributed by atoms with Crippen molar-refractivity contribution in [2.75, 3.05) is 6.61 Å². The van der Waals surface area contributed by atoms with E-state index in [2.05, 4.69) is 6.07 Å². The zero-order valence-corrected chi connectivity index (χ0v) is 14.6. The van der Waals surface area contributed by atoms with Crippen molar-refractivity contribution in [3.05, 3.63) is 23.3 Å². The minimum atomic E-state index is -0.875. The number of hydrogen-bond donors (Lipinski definition) is 2. The summed E-state index contributed by atoms with van der Waals surface area (Å²) in [5, 5.41) is 27.2. The molecule has 0 amide bonds. The zero-order valence-electron chi connectivity index (χ0n) is 14.6. The number of nitriles is 1. The molecule has 136 valence electrons. The first-order valence-corrected chi connectivity index (χ1v) is 8.60. The normalized spacial score (nSPS) is 10.2. The average Bonchev–Trinajstić information content (AvgIpc) is 2.58. The Bertz CT molecular complexity index is 633. The van der Waals surface area contributed by atoms with E-state index < -0.39 is 5.97 Å². The maximum Gasteiger partial charge on any atom is 0.303 e. The van der Waals surface area contributed by atoms with E-state index in [4.69, 9.17) is 15.1 Å². The molecule has 0 aliphatic carbocycles. The highest BCUT2D eigenvalue weighted by atomic mass is 16.5. The summed E-state index contributed by atoms with van der Waals surface area (Å²) in [6.07, 6.45) is 3.82. The average molecular weight is 347 g/mol. The van der Waals surface area contributed by atoms with Crippen molar-refractivity contribution in [2.45, 2.75) is 58.3 Å². The molecule has 0 aliphatic heterocycles. The summed E-state index contributed by atoms with van der Waals surface area (Å²) in [5.74, 6) is -0.634. The minimum Gasteiger partial charge on any atom is -0.507 e. The minimum absolute atomic E-state index is 0.0397. The number of carbonyl (C=O) groups is 2. The number of phenols is 1. The molecule has 0 radical (unpaired) electrons. The predicted octanol–water partition coefficient (Wildman–Crippen LogP) is 3.85. The van der Waals surface area contributed by atoms with E-state index >= 15 is 0 Å². The summed E-state index contributed by atoms with van der Waals surface area (Å²) in [5.41, 5.74) is 1.09. The van der Waals surface area contributed by atoms with Crippen LogP contribution in [0.3, 0.4) is 0 Å². The Balaban J connectivity index is 2.68. The van der Waals surface area contributed by atoms with E-state index in [1.54, 1.807) is 6.07 Å². The number of rotatable bonds is 12. The third kappa shape index (κ3) is 7.25. The number of aromatic hydroxyl groups is 1. The van der Waals surface area contributed by atoms with Gasteiger partial charge in [0.15, 0.2) is 5.78 Å². The lowest BCUT2D eigenvalue weighted by atomic mass is 9.99. The van der Waals surface area contributed by atoms with Crippen LogP contribution < -0.4 is 4.74 Å². The third-order valence-electron chi connectivity index (χ3n) is 3.85. The molecule has 1 rings (SSSR count). The molecule has 25 heavy (non-hydrogen) atoms. The number of benzene rings is 1. The van der Waals surface area contributed by atoms with E-state index in [1.807, 2.05) is 6.92 Å². The molecular weight excluding hydrogens is 322 g/mol. The Labute approximate surface area is 148 Å². The van der Waals surface area contributed by atoms with Gasteiger partial charge in [-0.05, 0) is 43.7 Å². The van der Waals surface area contributed by atoms with Crippen molar-refractivity contribution >= 4 is 11.8 Å². The van der Waals surface area contributed by atoms with Crippen LogP contribution in [0.4, 0.5) is 0 Å². The molecule has 0 unspecified atom stereocenters. The number of carboxylic acids is 1. The van der Waals surface area contributed by atoms with Gasteiger partial charge in [0.1, 0.15) is 11.5 Å². The van der Waals surface area contributed by atoms with Gasteiger partial charge in [-0.25, -0.2) is 0 Å². The largest absolute Gasteiger partial charge is 0.507 e.